The number of halogens is 2. The van der Waals surface area contributed by atoms with E-state index in [2.05, 4.69) is 15.4 Å². The Balaban J connectivity index is 2.00. The molecule has 7 heteroatoms. The topological polar surface area (TPSA) is 50.4 Å². The monoisotopic (exact) mass is 302 g/mol. The Hall–Kier alpha value is -1.34. The van der Waals surface area contributed by atoms with Crippen molar-refractivity contribution in [2.45, 2.75) is 26.1 Å². The fraction of sp³-hybridized carbons (Fsp3) is 0.462. The Kier molecular flexibility index (Phi) is 5.19. The van der Waals surface area contributed by atoms with Crippen molar-refractivity contribution in [3.05, 3.63) is 29.3 Å². The highest BCUT2D eigenvalue weighted by Gasteiger charge is 2.22. The number of amides is 1. The molecule has 2 N–H and O–H groups in total. The van der Waals surface area contributed by atoms with E-state index < -0.39 is 6.61 Å². The number of thioether (sulfide) groups is 1. The number of ether oxygens (including phenoxy) is 1. The zero-order chi connectivity index (χ0) is 14.5. The van der Waals surface area contributed by atoms with Crippen LogP contribution in [0.4, 0.5) is 8.78 Å². The molecule has 0 radical (unpaired) electrons. The van der Waals surface area contributed by atoms with E-state index >= 15 is 0 Å². The van der Waals surface area contributed by atoms with Crippen molar-refractivity contribution < 1.29 is 18.3 Å². The van der Waals surface area contributed by atoms with Gasteiger partial charge in [0.1, 0.15) is 5.75 Å². The first kappa shape index (κ1) is 15.1. The smallest absolute Gasteiger partial charge is 0.387 e. The third-order valence-electron chi connectivity index (χ3n) is 2.92. The molecule has 1 aromatic carbocycles. The molecule has 0 aromatic heterocycles. The molecule has 1 amide bonds. The summed E-state index contributed by atoms with van der Waals surface area (Å²) in [5, 5.41) is 5.79. The second kappa shape index (κ2) is 6.90. The second-order valence-electron chi connectivity index (χ2n) is 4.48. The third-order valence-corrected chi connectivity index (χ3v) is 3.86. The Morgan fingerprint density at radius 3 is 3.05 bits per heavy atom. The van der Waals surface area contributed by atoms with Crippen molar-refractivity contribution in [3.63, 3.8) is 0 Å². The molecule has 0 aliphatic carbocycles. The van der Waals surface area contributed by atoms with E-state index in [0.29, 0.717) is 5.56 Å². The van der Waals surface area contributed by atoms with Gasteiger partial charge in [-0.1, -0.05) is 17.7 Å². The summed E-state index contributed by atoms with van der Waals surface area (Å²) in [4.78, 5) is 11.9. The molecular formula is C13H16F2N2O2S. The van der Waals surface area contributed by atoms with Crippen LogP contribution in [0.15, 0.2) is 18.2 Å². The Morgan fingerprint density at radius 1 is 1.60 bits per heavy atom. The quantitative estimate of drug-likeness (QED) is 0.872. The maximum atomic E-state index is 12.3. The highest BCUT2D eigenvalue weighted by molar-refractivity contribution is 7.99. The number of hydrogen-bond acceptors (Lipinski definition) is 4. The summed E-state index contributed by atoms with van der Waals surface area (Å²) in [7, 11) is 0. The van der Waals surface area contributed by atoms with Crippen LogP contribution >= 0.6 is 11.8 Å². The standard InChI is InChI=1S/C13H16F2N2O2S/c1-8-2-3-11(19-13(14)15)9(4-8)5-16-12(18)10-6-20-7-17-10/h2-4,10,13,17H,5-7H2,1H3,(H,16,18). The van der Waals surface area contributed by atoms with Gasteiger partial charge in [0.25, 0.3) is 0 Å². The van der Waals surface area contributed by atoms with Gasteiger partial charge in [-0.2, -0.15) is 8.78 Å². The van der Waals surface area contributed by atoms with Crippen molar-refractivity contribution >= 4 is 17.7 Å². The second-order valence-corrected chi connectivity index (χ2v) is 5.51. The average molecular weight is 302 g/mol. The van der Waals surface area contributed by atoms with Crippen LogP contribution in [-0.4, -0.2) is 30.2 Å². The highest BCUT2D eigenvalue weighted by Crippen LogP contribution is 2.22. The SMILES string of the molecule is Cc1ccc(OC(F)F)c(CNC(=O)C2CSCN2)c1. The van der Waals surface area contributed by atoms with Crippen molar-refractivity contribution in [2.24, 2.45) is 0 Å². The highest BCUT2D eigenvalue weighted by atomic mass is 32.2. The third kappa shape index (κ3) is 4.08. The fourth-order valence-electron chi connectivity index (χ4n) is 1.93. The molecule has 1 aliphatic heterocycles. The summed E-state index contributed by atoms with van der Waals surface area (Å²) in [6.07, 6.45) is 0. The molecule has 4 nitrogen and oxygen atoms in total. The Bertz CT molecular complexity index is 479. The van der Waals surface area contributed by atoms with Crippen molar-refractivity contribution in [2.75, 3.05) is 11.6 Å². The van der Waals surface area contributed by atoms with Crippen LogP contribution in [0.25, 0.3) is 0 Å². The molecule has 2 rings (SSSR count). The van der Waals surface area contributed by atoms with Gasteiger partial charge in [0, 0.05) is 23.7 Å². The van der Waals surface area contributed by atoms with Gasteiger partial charge < -0.3 is 10.1 Å². The summed E-state index contributed by atoms with van der Waals surface area (Å²) >= 11 is 1.65. The summed E-state index contributed by atoms with van der Waals surface area (Å²) < 4.78 is 29.1. The number of carbonyl (C=O) groups is 1. The molecule has 0 bridgehead atoms. The molecule has 1 atom stereocenters. The van der Waals surface area contributed by atoms with Crippen LogP contribution in [0.2, 0.25) is 0 Å². The van der Waals surface area contributed by atoms with E-state index in [4.69, 9.17) is 0 Å². The lowest BCUT2D eigenvalue weighted by molar-refractivity contribution is -0.122. The molecular weight excluding hydrogens is 286 g/mol. The minimum Gasteiger partial charge on any atom is -0.434 e. The number of aryl methyl sites for hydroxylation is 1. The maximum Gasteiger partial charge on any atom is 0.387 e. The van der Waals surface area contributed by atoms with Crippen LogP contribution in [-0.2, 0) is 11.3 Å². The lowest BCUT2D eigenvalue weighted by Gasteiger charge is -2.14. The molecule has 110 valence electrons. The maximum absolute atomic E-state index is 12.3. The molecule has 1 unspecified atom stereocenters. The number of alkyl halides is 2. The lowest BCUT2D eigenvalue weighted by Crippen LogP contribution is -2.41. The van der Waals surface area contributed by atoms with Gasteiger partial charge in [0.2, 0.25) is 5.91 Å². The van der Waals surface area contributed by atoms with E-state index in [-0.39, 0.29) is 24.2 Å². The van der Waals surface area contributed by atoms with Crippen LogP contribution < -0.4 is 15.4 Å². The van der Waals surface area contributed by atoms with E-state index in [9.17, 15) is 13.6 Å². The van der Waals surface area contributed by atoms with Gasteiger partial charge in [0.15, 0.2) is 0 Å². The Morgan fingerprint density at radius 2 is 2.40 bits per heavy atom. The van der Waals surface area contributed by atoms with E-state index in [1.807, 2.05) is 6.92 Å². The number of carbonyl (C=O) groups excluding carboxylic acids is 1. The number of rotatable bonds is 5. The summed E-state index contributed by atoms with van der Waals surface area (Å²) in [5.41, 5.74) is 1.47. The minimum atomic E-state index is -2.87. The first-order valence-corrected chi connectivity index (χ1v) is 7.35. The number of hydrogen-bond donors (Lipinski definition) is 2. The van der Waals surface area contributed by atoms with Crippen molar-refractivity contribution in [1.82, 2.24) is 10.6 Å². The summed E-state index contributed by atoms with van der Waals surface area (Å²) in [6.45, 7) is -0.849. The molecule has 0 spiro atoms. The first-order valence-electron chi connectivity index (χ1n) is 6.19. The van der Waals surface area contributed by atoms with E-state index in [0.717, 1.165) is 17.2 Å². The van der Waals surface area contributed by atoms with Gasteiger partial charge >= 0.3 is 6.61 Å². The molecule has 1 aliphatic rings. The lowest BCUT2D eigenvalue weighted by atomic mass is 10.1. The van der Waals surface area contributed by atoms with Crippen molar-refractivity contribution in [1.29, 1.82) is 0 Å². The molecule has 1 heterocycles. The van der Waals surface area contributed by atoms with Gasteiger partial charge in [-0.3, -0.25) is 10.1 Å². The van der Waals surface area contributed by atoms with E-state index in [1.165, 1.54) is 6.07 Å². The van der Waals surface area contributed by atoms with E-state index in [1.54, 1.807) is 23.9 Å². The van der Waals surface area contributed by atoms with Gasteiger partial charge in [-0.05, 0) is 13.0 Å². The predicted molar refractivity (Wildman–Crippen MR) is 73.9 cm³/mol. The van der Waals surface area contributed by atoms with Crippen molar-refractivity contribution in [3.8, 4) is 5.75 Å². The number of nitrogens with one attached hydrogen (secondary N) is 2. The average Bonchev–Trinajstić information content (AvgIpc) is 2.92. The zero-order valence-corrected chi connectivity index (χ0v) is 11.8. The normalized spacial score (nSPS) is 18.3. The van der Waals surface area contributed by atoms with Crippen LogP contribution in [0.1, 0.15) is 11.1 Å². The minimum absolute atomic E-state index is 0.0969. The van der Waals surface area contributed by atoms with Crippen LogP contribution in [0, 0.1) is 6.92 Å². The summed E-state index contributed by atoms with van der Waals surface area (Å²) in [5.74, 6) is 1.45. The molecule has 1 aromatic rings. The molecule has 20 heavy (non-hydrogen) atoms. The van der Waals surface area contributed by atoms with Gasteiger partial charge in [0.05, 0.1) is 6.04 Å². The zero-order valence-electron chi connectivity index (χ0n) is 11.0. The first-order chi connectivity index (χ1) is 9.56. The Labute approximate surface area is 120 Å². The molecule has 0 saturated carbocycles. The predicted octanol–water partition coefficient (Wildman–Crippen LogP) is 1.88. The molecule has 1 saturated heterocycles. The molecule has 1 fully saturated rings. The fourth-order valence-corrected chi connectivity index (χ4v) is 2.87. The van der Waals surface area contributed by atoms with Gasteiger partial charge in [-0.25, -0.2) is 0 Å². The van der Waals surface area contributed by atoms with Gasteiger partial charge in [-0.15, -0.1) is 11.8 Å². The largest absolute Gasteiger partial charge is 0.434 e. The van der Waals surface area contributed by atoms with Crippen LogP contribution in [0.3, 0.4) is 0 Å². The number of benzene rings is 1. The summed E-state index contributed by atoms with van der Waals surface area (Å²) in [6, 6.07) is 4.70. The van der Waals surface area contributed by atoms with Crippen LogP contribution in [0.5, 0.6) is 5.75 Å².